The number of benzene rings is 1. The molecule has 3 heterocycles. The van der Waals surface area contributed by atoms with Gasteiger partial charge < -0.3 is 21.5 Å². The van der Waals surface area contributed by atoms with Crippen LogP contribution in [0.1, 0.15) is 25.3 Å². The Kier molecular flexibility index (Phi) is 8.39. The molecule has 0 saturated heterocycles. The number of aliphatic hydroxyl groups is 1. The lowest BCUT2D eigenvalue weighted by Crippen LogP contribution is -2.36. The normalized spacial score (nSPS) is 11.1. The lowest BCUT2D eigenvalue weighted by molar-refractivity contribution is 0.234. The van der Waals surface area contributed by atoms with Gasteiger partial charge in [-0.1, -0.05) is 37.6 Å². The minimum atomic E-state index is -0.304. The number of aromatic nitrogens is 2. The maximum Gasteiger partial charge on any atom is 0.315 e. The summed E-state index contributed by atoms with van der Waals surface area (Å²) < 4.78 is 1.11. The molecular weight excluding hydrogens is 486 g/mol. The molecule has 4 aromatic rings. The van der Waals surface area contributed by atoms with Crippen molar-refractivity contribution in [1.82, 2.24) is 20.6 Å². The molecule has 3 aromatic heterocycles. The summed E-state index contributed by atoms with van der Waals surface area (Å²) in [7, 11) is 0. The third-order valence-corrected chi connectivity index (χ3v) is 8.43. The molecule has 1 aromatic carbocycles. The molecule has 4 rings (SSSR count). The Hall–Kier alpha value is -2.66. The van der Waals surface area contributed by atoms with Gasteiger partial charge in [0, 0.05) is 30.1 Å². The fourth-order valence-corrected chi connectivity index (χ4v) is 6.47. The van der Waals surface area contributed by atoms with E-state index in [0.29, 0.717) is 6.54 Å². The van der Waals surface area contributed by atoms with E-state index in [1.807, 2.05) is 29.6 Å². The predicted octanol–water partition coefficient (Wildman–Crippen LogP) is 5.35. The number of thiazole rings is 1. The van der Waals surface area contributed by atoms with Crippen molar-refractivity contribution >= 4 is 56.4 Å². The number of anilines is 1. The highest BCUT2D eigenvalue weighted by molar-refractivity contribution is 8.01. The zero-order valence-electron chi connectivity index (χ0n) is 18.8. The number of nitrogens with zero attached hydrogens (tertiary/aromatic N) is 2. The first-order chi connectivity index (χ1) is 16.6. The zero-order valence-corrected chi connectivity index (χ0v) is 21.3. The SMILES string of the molecule is CCCCSc1sc2nc(-c3nccs3)cc(-c3ccc(CNC(=O)NCCO)cc3)c2c1N. The number of hydrogen-bond acceptors (Lipinski definition) is 8. The predicted molar refractivity (Wildman–Crippen MR) is 144 cm³/mol. The molecule has 10 heteroatoms. The van der Waals surface area contributed by atoms with Crippen molar-refractivity contribution < 1.29 is 9.90 Å². The molecule has 178 valence electrons. The van der Waals surface area contributed by atoms with E-state index in [1.54, 1.807) is 40.6 Å². The number of thiophene rings is 1. The highest BCUT2D eigenvalue weighted by atomic mass is 32.2. The van der Waals surface area contributed by atoms with Crippen LogP contribution in [0.25, 0.3) is 32.0 Å². The van der Waals surface area contributed by atoms with Crippen LogP contribution in [0.15, 0.2) is 46.1 Å². The first kappa shape index (κ1) is 24.5. The molecule has 0 spiro atoms. The Labute approximate surface area is 210 Å². The number of hydrogen-bond donors (Lipinski definition) is 4. The van der Waals surface area contributed by atoms with Gasteiger partial charge in [0.1, 0.15) is 15.5 Å². The average molecular weight is 514 g/mol. The van der Waals surface area contributed by atoms with Crippen molar-refractivity contribution in [3.63, 3.8) is 0 Å². The van der Waals surface area contributed by atoms with Gasteiger partial charge in [-0.3, -0.25) is 0 Å². The number of unbranched alkanes of at least 4 members (excludes halogenated alkanes) is 1. The summed E-state index contributed by atoms with van der Waals surface area (Å²) in [5, 5.41) is 18.0. The van der Waals surface area contributed by atoms with Crippen molar-refractivity contribution in [3.8, 4) is 21.8 Å². The first-order valence-corrected chi connectivity index (χ1v) is 13.8. The first-order valence-electron chi connectivity index (χ1n) is 11.1. The van der Waals surface area contributed by atoms with E-state index in [4.69, 9.17) is 15.8 Å². The molecule has 0 atom stereocenters. The van der Waals surface area contributed by atoms with E-state index >= 15 is 0 Å². The second-order valence-corrected chi connectivity index (χ2v) is 10.9. The van der Waals surface area contributed by atoms with Gasteiger partial charge in [-0.2, -0.15) is 0 Å². The van der Waals surface area contributed by atoms with Crippen LogP contribution in [-0.2, 0) is 6.54 Å². The molecule has 0 bridgehead atoms. The highest BCUT2D eigenvalue weighted by Crippen LogP contribution is 2.45. The molecule has 0 radical (unpaired) electrons. The van der Waals surface area contributed by atoms with Gasteiger partial charge in [0.25, 0.3) is 0 Å². The molecule has 5 N–H and O–H groups in total. The van der Waals surface area contributed by atoms with Crippen LogP contribution in [0.2, 0.25) is 0 Å². The van der Waals surface area contributed by atoms with Crippen molar-refractivity contribution in [1.29, 1.82) is 0 Å². The number of pyridine rings is 1. The monoisotopic (exact) mass is 513 g/mol. The van der Waals surface area contributed by atoms with Crippen molar-refractivity contribution in [2.75, 3.05) is 24.6 Å². The quantitative estimate of drug-likeness (QED) is 0.168. The number of thioether (sulfide) groups is 1. The third-order valence-electron chi connectivity index (χ3n) is 5.16. The molecule has 0 unspecified atom stereocenters. The van der Waals surface area contributed by atoms with E-state index in [0.717, 1.165) is 66.1 Å². The van der Waals surface area contributed by atoms with Crippen LogP contribution in [0.5, 0.6) is 0 Å². The number of carbonyl (C=O) groups excluding carboxylic acids is 1. The molecule has 0 aliphatic rings. The standard InChI is InChI=1S/C24H27N5O2S3/c1-2-3-11-33-23-20(25)19-17(13-18(29-22(19)34-23)21-26-9-12-32-21)16-6-4-15(5-7-16)14-28-24(31)27-8-10-30/h4-7,9,12-13,30H,2-3,8,10-11,14,25H2,1H3,(H2,27,28,31). The number of nitrogens with one attached hydrogen (secondary N) is 2. The van der Waals surface area contributed by atoms with Crippen molar-refractivity contribution in [3.05, 3.63) is 47.5 Å². The van der Waals surface area contributed by atoms with Gasteiger partial charge in [-0.05, 0) is 34.9 Å². The molecule has 0 aliphatic carbocycles. The van der Waals surface area contributed by atoms with Gasteiger partial charge in [0.2, 0.25) is 0 Å². The lowest BCUT2D eigenvalue weighted by atomic mass is 10.0. The molecule has 2 amide bonds. The van der Waals surface area contributed by atoms with Crippen LogP contribution < -0.4 is 16.4 Å². The second-order valence-electron chi connectivity index (χ2n) is 7.61. The van der Waals surface area contributed by atoms with E-state index in [-0.39, 0.29) is 19.2 Å². The average Bonchev–Trinajstić information content (AvgIpc) is 3.50. The fraction of sp³-hybridized carbons (Fsp3) is 0.292. The van der Waals surface area contributed by atoms with E-state index < -0.39 is 0 Å². The largest absolute Gasteiger partial charge is 0.397 e. The maximum atomic E-state index is 11.7. The number of fused-ring (bicyclic) bond motifs is 1. The third kappa shape index (κ3) is 5.69. The number of nitrogen functional groups attached to an aromatic ring is 1. The smallest absolute Gasteiger partial charge is 0.315 e. The number of carbonyl (C=O) groups is 1. The molecule has 0 fully saturated rings. The number of nitrogens with two attached hydrogens (primary N) is 1. The minimum Gasteiger partial charge on any atom is -0.397 e. The zero-order chi connectivity index (χ0) is 23.9. The van der Waals surface area contributed by atoms with E-state index in [1.165, 1.54) is 0 Å². The van der Waals surface area contributed by atoms with Gasteiger partial charge in [-0.25, -0.2) is 14.8 Å². The van der Waals surface area contributed by atoms with Gasteiger partial charge in [-0.15, -0.1) is 34.4 Å². The number of amides is 2. The van der Waals surface area contributed by atoms with Gasteiger partial charge >= 0.3 is 6.03 Å². The van der Waals surface area contributed by atoms with Crippen LogP contribution in [0, 0.1) is 0 Å². The Bertz CT molecular complexity index is 1240. The molecule has 7 nitrogen and oxygen atoms in total. The summed E-state index contributed by atoms with van der Waals surface area (Å²) in [5.41, 5.74) is 11.3. The Morgan fingerprint density at radius 1 is 1.24 bits per heavy atom. The minimum absolute atomic E-state index is 0.0873. The van der Waals surface area contributed by atoms with Crippen LogP contribution in [0.3, 0.4) is 0 Å². The summed E-state index contributed by atoms with van der Waals surface area (Å²) in [6, 6.07) is 9.85. The fourth-order valence-electron chi connectivity index (χ4n) is 3.42. The summed E-state index contributed by atoms with van der Waals surface area (Å²) in [6.45, 7) is 2.73. The lowest BCUT2D eigenvalue weighted by Gasteiger charge is -2.10. The van der Waals surface area contributed by atoms with E-state index in [9.17, 15) is 4.79 Å². The summed E-state index contributed by atoms with van der Waals surface area (Å²) in [5.74, 6) is 1.04. The van der Waals surface area contributed by atoms with Gasteiger partial charge in [0.05, 0.1) is 16.5 Å². The molecule has 0 aliphatic heterocycles. The molecular formula is C24H27N5O2S3. The number of rotatable bonds is 10. The van der Waals surface area contributed by atoms with Gasteiger partial charge in [0.15, 0.2) is 0 Å². The molecule has 34 heavy (non-hydrogen) atoms. The van der Waals surface area contributed by atoms with E-state index in [2.05, 4.69) is 28.6 Å². The van der Waals surface area contributed by atoms with Crippen LogP contribution in [-0.4, -0.2) is 40.0 Å². The second kappa shape index (κ2) is 11.7. The summed E-state index contributed by atoms with van der Waals surface area (Å²) in [4.78, 5) is 22.0. The Morgan fingerprint density at radius 2 is 2.06 bits per heavy atom. The van der Waals surface area contributed by atoms with Crippen LogP contribution >= 0.6 is 34.4 Å². The highest BCUT2D eigenvalue weighted by Gasteiger charge is 2.18. The van der Waals surface area contributed by atoms with Crippen molar-refractivity contribution in [2.45, 2.75) is 30.5 Å². The Balaban J connectivity index is 1.66. The summed E-state index contributed by atoms with van der Waals surface area (Å²) >= 11 is 5.01. The topological polar surface area (TPSA) is 113 Å². The molecule has 0 saturated carbocycles. The van der Waals surface area contributed by atoms with Crippen LogP contribution in [0.4, 0.5) is 10.5 Å². The number of urea groups is 1. The maximum absolute atomic E-state index is 11.7. The Morgan fingerprint density at radius 3 is 2.76 bits per heavy atom. The number of aliphatic hydroxyl groups excluding tert-OH is 1. The summed E-state index contributed by atoms with van der Waals surface area (Å²) in [6.07, 6.45) is 4.09. The van der Waals surface area contributed by atoms with Crippen molar-refractivity contribution in [2.24, 2.45) is 0 Å².